The van der Waals surface area contributed by atoms with Gasteiger partial charge in [-0.3, -0.25) is 14.4 Å². The summed E-state index contributed by atoms with van der Waals surface area (Å²) in [7, 11) is 0. The van der Waals surface area contributed by atoms with Crippen LogP contribution in [0.25, 0.3) is 0 Å². The van der Waals surface area contributed by atoms with E-state index in [0.29, 0.717) is 21.9 Å². The Labute approximate surface area is 176 Å². The Morgan fingerprint density at radius 2 is 1.41 bits per heavy atom. The second-order valence-corrected chi connectivity index (χ2v) is 8.05. The van der Waals surface area contributed by atoms with E-state index in [1.807, 2.05) is 35.7 Å². The van der Waals surface area contributed by atoms with Crippen LogP contribution in [0.2, 0.25) is 0 Å². The quantitative estimate of drug-likeness (QED) is 0.479. The van der Waals surface area contributed by atoms with Crippen LogP contribution in [0.15, 0.2) is 70.9 Å². The molecule has 2 aromatic carbocycles. The summed E-state index contributed by atoms with van der Waals surface area (Å²) in [6.07, 6.45) is 0. The van der Waals surface area contributed by atoms with Crippen LogP contribution in [0.4, 0.5) is 17.1 Å². The van der Waals surface area contributed by atoms with Crippen LogP contribution in [-0.2, 0) is 9.59 Å². The number of carbonyl (C=O) groups excluding carboxylic acids is 3. The predicted octanol–water partition coefficient (Wildman–Crippen LogP) is 4.69. The van der Waals surface area contributed by atoms with Crippen LogP contribution >= 0.6 is 23.1 Å². The molecule has 1 heterocycles. The van der Waals surface area contributed by atoms with Crippen molar-refractivity contribution in [1.82, 2.24) is 0 Å². The lowest BCUT2D eigenvalue weighted by molar-refractivity contribution is -0.114. The zero-order valence-corrected chi connectivity index (χ0v) is 17.2. The van der Waals surface area contributed by atoms with Gasteiger partial charge in [0.1, 0.15) is 0 Å². The molecule has 0 aliphatic rings. The number of thiophene rings is 1. The van der Waals surface area contributed by atoms with Gasteiger partial charge in [-0.05, 0) is 60.0 Å². The van der Waals surface area contributed by atoms with Gasteiger partial charge in [-0.2, -0.15) is 0 Å². The number of rotatable bonds is 7. The second-order valence-electron chi connectivity index (χ2n) is 6.05. The van der Waals surface area contributed by atoms with Crippen molar-refractivity contribution in [3.05, 3.63) is 70.9 Å². The van der Waals surface area contributed by atoms with Gasteiger partial charge in [-0.25, -0.2) is 0 Å². The monoisotopic (exact) mass is 425 g/mol. The number of thioether (sulfide) groups is 1. The molecule has 3 aromatic rings. The molecule has 3 N–H and O–H groups in total. The minimum absolute atomic E-state index is 0.127. The fourth-order valence-corrected chi connectivity index (χ4v) is 3.74. The molecular formula is C21H19N3O3S2. The summed E-state index contributed by atoms with van der Waals surface area (Å²) in [5.74, 6) is -0.147. The summed E-state index contributed by atoms with van der Waals surface area (Å²) >= 11 is 2.79. The molecular weight excluding hydrogens is 406 g/mol. The van der Waals surface area contributed by atoms with Crippen LogP contribution in [0, 0.1) is 0 Å². The highest BCUT2D eigenvalue weighted by atomic mass is 32.2. The number of hydrogen-bond donors (Lipinski definition) is 3. The first kappa shape index (κ1) is 20.6. The first-order chi connectivity index (χ1) is 14.0. The molecule has 148 valence electrons. The van der Waals surface area contributed by atoms with E-state index in [9.17, 15) is 14.4 Å². The standard InChI is InChI=1S/C21H19N3O3S2/c1-14(25)22-15-4-6-16(7-5-15)23-20(26)13-29-18-10-8-17(9-11-18)24-21(27)19-3-2-12-28-19/h2-12H,13H2,1H3,(H,22,25)(H,23,26)(H,24,27). The first-order valence-corrected chi connectivity index (χ1v) is 10.6. The Morgan fingerprint density at radius 1 is 0.828 bits per heavy atom. The molecule has 29 heavy (non-hydrogen) atoms. The molecule has 0 radical (unpaired) electrons. The first-order valence-electron chi connectivity index (χ1n) is 8.75. The molecule has 0 saturated heterocycles. The molecule has 3 amide bonds. The Balaban J connectivity index is 1.46. The Kier molecular flexibility index (Phi) is 7.04. The predicted molar refractivity (Wildman–Crippen MR) is 119 cm³/mol. The number of hydrogen-bond acceptors (Lipinski definition) is 5. The van der Waals surface area contributed by atoms with Gasteiger partial charge in [-0.15, -0.1) is 23.1 Å². The van der Waals surface area contributed by atoms with Gasteiger partial charge < -0.3 is 16.0 Å². The number of nitrogens with one attached hydrogen (secondary N) is 3. The van der Waals surface area contributed by atoms with Crippen LogP contribution in [0.1, 0.15) is 16.6 Å². The number of benzene rings is 2. The van der Waals surface area contributed by atoms with Crippen molar-refractivity contribution in [2.75, 3.05) is 21.7 Å². The molecule has 0 aliphatic heterocycles. The molecule has 6 nitrogen and oxygen atoms in total. The third-order valence-electron chi connectivity index (χ3n) is 3.72. The smallest absolute Gasteiger partial charge is 0.265 e. The lowest BCUT2D eigenvalue weighted by Crippen LogP contribution is -2.14. The van der Waals surface area contributed by atoms with E-state index in [-0.39, 0.29) is 23.5 Å². The fourth-order valence-electron chi connectivity index (χ4n) is 2.42. The second kappa shape index (κ2) is 9.90. The maximum atomic E-state index is 12.1. The van der Waals surface area contributed by atoms with Crippen LogP contribution in [0.5, 0.6) is 0 Å². The minimum atomic E-state index is -0.143. The molecule has 1 aromatic heterocycles. The average molecular weight is 426 g/mol. The normalized spacial score (nSPS) is 10.2. The molecule has 0 atom stereocenters. The number of anilines is 3. The third kappa shape index (κ3) is 6.48. The van der Waals surface area contributed by atoms with E-state index in [0.717, 1.165) is 4.90 Å². The molecule has 0 fully saturated rings. The maximum absolute atomic E-state index is 12.1. The van der Waals surface area contributed by atoms with Crippen molar-refractivity contribution in [3.8, 4) is 0 Å². The van der Waals surface area contributed by atoms with Crippen molar-refractivity contribution in [3.63, 3.8) is 0 Å². The lowest BCUT2D eigenvalue weighted by atomic mass is 10.3. The molecule has 3 rings (SSSR count). The summed E-state index contributed by atoms with van der Waals surface area (Å²) in [6, 6.07) is 17.9. The van der Waals surface area contributed by atoms with Crippen LogP contribution in [-0.4, -0.2) is 23.5 Å². The van der Waals surface area contributed by atoms with E-state index < -0.39 is 0 Å². The van der Waals surface area contributed by atoms with Crippen molar-refractivity contribution in [1.29, 1.82) is 0 Å². The van der Waals surface area contributed by atoms with Gasteiger partial charge >= 0.3 is 0 Å². The number of amides is 3. The summed E-state index contributed by atoms with van der Waals surface area (Å²) in [5.41, 5.74) is 2.05. The molecule has 0 spiro atoms. The topological polar surface area (TPSA) is 87.3 Å². The SMILES string of the molecule is CC(=O)Nc1ccc(NC(=O)CSc2ccc(NC(=O)c3cccs3)cc2)cc1. The fraction of sp³-hybridized carbons (Fsp3) is 0.0952. The van der Waals surface area contributed by atoms with Crippen molar-refractivity contribution in [2.45, 2.75) is 11.8 Å². The summed E-state index contributed by atoms with van der Waals surface area (Å²) in [4.78, 5) is 36.8. The van der Waals surface area contributed by atoms with Gasteiger partial charge in [0.2, 0.25) is 11.8 Å². The Morgan fingerprint density at radius 3 is 2.00 bits per heavy atom. The van der Waals surface area contributed by atoms with Crippen molar-refractivity contribution >= 4 is 57.9 Å². The van der Waals surface area contributed by atoms with Crippen molar-refractivity contribution < 1.29 is 14.4 Å². The molecule has 8 heteroatoms. The Bertz CT molecular complexity index is 985. The largest absolute Gasteiger partial charge is 0.326 e. The van der Waals surface area contributed by atoms with E-state index in [1.54, 1.807) is 30.3 Å². The van der Waals surface area contributed by atoms with Gasteiger partial charge in [0.15, 0.2) is 0 Å². The van der Waals surface area contributed by atoms with Gasteiger partial charge in [-0.1, -0.05) is 6.07 Å². The van der Waals surface area contributed by atoms with Gasteiger partial charge in [0.25, 0.3) is 5.91 Å². The summed E-state index contributed by atoms with van der Waals surface area (Å²) in [5, 5.41) is 10.2. The van der Waals surface area contributed by atoms with Gasteiger partial charge in [0, 0.05) is 28.9 Å². The zero-order valence-electron chi connectivity index (χ0n) is 15.6. The highest BCUT2D eigenvalue weighted by Gasteiger charge is 2.08. The number of carbonyl (C=O) groups is 3. The maximum Gasteiger partial charge on any atom is 0.265 e. The molecule has 0 unspecified atom stereocenters. The third-order valence-corrected chi connectivity index (χ3v) is 5.60. The van der Waals surface area contributed by atoms with E-state index in [4.69, 9.17) is 0 Å². The molecule has 0 saturated carbocycles. The van der Waals surface area contributed by atoms with E-state index in [2.05, 4.69) is 16.0 Å². The average Bonchev–Trinajstić information content (AvgIpc) is 3.24. The van der Waals surface area contributed by atoms with Crippen LogP contribution < -0.4 is 16.0 Å². The molecule has 0 aliphatic carbocycles. The van der Waals surface area contributed by atoms with E-state index in [1.165, 1.54) is 30.0 Å². The summed E-state index contributed by atoms with van der Waals surface area (Å²) < 4.78 is 0. The zero-order chi connectivity index (χ0) is 20.6. The highest BCUT2D eigenvalue weighted by molar-refractivity contribution is 8.00. The van der Waals surface area contributed by atoms with Gasteiger partial charge in [0.05, 0.1) is 10.6 Å². The Hall–Kier alpha value is -3.10. The molecule has 0 bridgehead atoms. The lowest BCUT2D eigenvalue weighted by Gasteiger charge is -2.08. The van der Waals surface area contributed by atoms with Crippen molar-refractivity contribution in [2.24, 2.45) is 0 Å². The van der Waals surface area contributed by atoms with E-state index >= 15 is 0 Å². The summed E-state index contributed by atoms with van der Waals surface area (Å²) in [6.45, 7) is 1.44. The highest BCUT2D eigenvalue weighted by Crippen LogP contribution is 2.22. The minimum Gasteiger partial charge on any atom is -0.326 e. The van der Waals surface area contributed by atoms with Crippen LogP contribution in [0.3, 0.4) is 0 Å².